The molecular formula is C13H11Cl2N3O. The van der Waals surface area contributed by atoms with Gasteiger partial charge >= 0.3 is 6.03 Å². The van der Waals surface area contributed by atoms with Gasteiger partial charge in [0.1, 0.15) is 11.9 Å². The van der Waals surface area contributed by atoms with Crippen LogP contribution < -0.4 is 5.73 Å². The average molecular weight is 296 g/mol. The number of halogens is 2. The van der Waals surface area contributed by atoms with E-state index >= 15 is 0 Å². The highest BCUT2D eigenvalue weighted by Crippen LogP contribution is 2.32. The lowest BCUT2D eigenvalue weighted by atomic mass is 10.0. The van der Waals surface area contributed by atoms with E-state index in [1.165, 1.54) is 4.90 Å². The third-order valence-corrected chi connectivity index (χ3v) is 3.30. The van der Waals surface area contributed by atoms with Gasteiger partial charge in [0.25, 0.3) is 0 Å². The molecule has 98 valence electrons. The first-order chi connectivity index (χ1) is 8.93. The SMILES string of the molecule is C#CC(C)N1C(=O)N=C(N)C1c1cc(Cl)cc(Cl)c1. The third kappa shape index (κ3) is 2.53. The minimum Gasteiger partial charge on any atom is -0.385 e. The Morgan fingerprint density at radius 3 is 2.53 bits per heavy atom. The summed E-state index contributed by atoms with van der Waals surface area (Å²) in [6, 6.07) is 3.56. The molecule has 2 rings (SSSR count). The molecule has 1 aromatic rings. The monoisotopic (exact) mass is 295 g/mol. The Hall–Kier alpha value is -1.70. The van der Waals surface area contributed by atoms with Gasteiger partial charge in [-0.2, -0.15) is 4.99 Å². The third-order valence-electron chi connectivity index (χ3n) is 2.86. The highest BCUT2D eigenvalue weighted by atomic mass is 35.5. The largest absolute Gasteiger partial charge is 0.385 e. The standard InChI is InChI=1S/C13H11Cl2N3O/c1-3-7(2)18-11(12(16)17-13(18)19)8-4-9(14)6-10(15)5-8/h1,4-7,11H,2H3,(H2,16,17,19). The molecule has 2 N–H and O–H groups in total. The number of nitrogens with zero attached hydrogens (tertiary/aromatic N) is 2. The second-order valence-electron chi connectivity index (χ2n) is 4.17. The average Bonchev–Trinajstić information content (AvgIpc) is 2.62. The van der Waals surface area contributed by atoms with E-state index in [4.69, 9.17) is 35.4 Å². The number of nitrogens with two attached hydrogens (primary N) is 1. The van der Waals surface area contributed by atoms with Crippen molar-refractivity contribution in [2.45, 2.75) is 19.0 Å². The van der Waals surface area contributed by atoms with Crippen LogP contribution in [-0.2, 0) is 0 Å². The fraction of sp³-hybridized carbons (Fsp3) is 0.231. The molecule has 2 unspecified atom stereocenters. The Bertz CT molecular complexity index is 586. The number of carbonyl (C=O) groups is 1. The second-order valence-corrected chi connectivity index (χ2v) is 5.05. The lowest BCUT2D eigenvalue weighted by molar-refractivity contribution is 0.199. The summed E-state index contributed by atoms with van der Waals surface area (Å²) in [7, 11) is 0. The topological polar surface area (TPSA) is 58.7 Å². The molecule has 4 nitrogen and oxygen atoms in total. The molecule has 0 saturated heterocycles. The lowest BCUT2D eigenvalue weighted by Gasteiger charge is -2.27. The van der Waals surface area contributed by atoms with Crippen LogP contribution in [0.4, 0.5) is 4.79 Å². The Balaban J connectivity index is 2.49. The van der Waals surface area contributed by atoms with Crippen molar-refractivity contribution >= 4 is 35.1 Å². The van der Waals surface area contributed by atoms with Crippen LogP contribution in [0.1, 0.15) is 18.5 Å². The number of hydrogen-bond acceptors (Lipinski definition) is 2. The number of terminal acetylenes is 1. The quantitative estimate of drug-likeness (QED) is 0.853. The normalized spacial score (nSPS) is 20.1. The molecule has 0 saturated carbocycles. The van der Waals surface area contributed by atoms with Gasteiger partial charge in [0.05, 0.1) is 6.04 Å². The predicted molar refractivity (Wildman–Crippen MR) is 76.4 cm³/mol. The van der Waals surface area contributed by atoms with Gasteiger partial charge < -0.3 is 5.73 Å². The molecule has 1 aliphatic rings. The van der Waals surface area contributed by atoms with Crippen molar-refractivity contribution in [3.8, 4) is 12.3 Å². The molecule has 0 spiro atoms. The number of benzene rings is 1. The summed E-state index contributed by atoms with van der Waals surface area (Å²) in [6.45, 7) is 1.73. The second kappa shape index (κ2) is 5.12. The molecule has 19 heavy (non-hydrogen) atoms. The summed E-state index contributed by atoms with van der Waals surface area (Å²) in [4.78, 5) is 17.0. The molecule has 0 bridgehead atoms. The molecule has 1 aliphatic heterocycles. The summed E-state index contributed by atoms with van der Waals surface area (Å²) < 4.78 is 0. The van der Waals surface area contributed by atoms with Gasteiger partial charge in [-0.25, -0.2) is 4.79 Å². The van der Waals surface area contributed by atoms with Crippen molar-refractivity contribution in [1.29, 1.82) is 0 Å². The summed E-state index contributed by atoms with van der Waals surface area (Å²) >= 11 is 11.9. The van der Waals surface area contributed by atoms with Crippen LogP contribution in [0.15, 0.2) is 23.2 Å². The number of carbonyl (C=O) groups excluding carboxylic acids is 1. The number of amidine groups is 1. The molecule has 1 heterocycles. The zero-order chi connectivity index (χ0) is 14.2. The number of hydrogen-bond donors (Lipinski definition) is 1. The van der Waals surface area contributed by atoms with Crippen LogP contribution in [0.5, 0.6) is 0 Å². The van der Waals surface area contributed by atoms with Gasteiger partial charge in [0.15, 0.2) is 0 Å². The fourth-order valence-electron chi connectivity index (χ4n) is 2.02. The van der Waals surface area contributed by atoms with E-state index in [0.717, 1.165) is 0 Å². The molecule has 0 aliphatic carbocycles. The van der Waals surface area contributed by atoms with Crippen LogP contribution >= 0.6 is 23.2 Å². The zero-order valence-electron chi connectivity index (χ0n) is 10.1. The Morgan fingerprint density at radius 1 is 1.42 bits per heavy atom. The molecule has 0 aromatic heterocycles. The zero-order valence-corrected chi connectivity index (χ0v) is 11.6. The number of aliphatic imine (C=N–C) groups is 1. The van der Waals surface area contributed by atoms with Crippen molar-refractivity contribution in [3.05, 3.63) is 33.8 Å². The fourth-order valence-corrected chi connectivity index (χ4v) is 2.56. The van der Waals surface area contributed by atoms with Crippen molar-refractivity contribution < 1.29 is 4.79 Å². The molecule has 2 amide bonds. The van der Waals surface area contributed by atoms with Crippen molar-refractivity contribution in [2.75, 3.05) is 0 Å². The van der Waals surface area contributed by atoms with E-state index in [1.807, 2.05) is 0 Å². The van der Waals surface area contributed by atoms with Crippen molar-refractivity contribution in [1.82, 2.24) is 4.90 Å². The van der Waals surface area contributed by atoms with Crippen LogP contribution in [0.25, 0.3) is 0 Å². The van der Waals surface area contributed by atoms with Crippen LogP contribution in [-0.4, -0.2) is 22.8 Å². The Morgan fingerprint density at radius 2 is 2.00 bits per heavy atom. The van der Waals surface area contributed by atoms with Crippen LogP contribution in [0, 0.1) is 12.3 Å². The number of amides is 2. The van der Waals surface area contributed by atoms with Gasteiger partial charge in [0.2, 0.25) is 0 Å². The maximum Gasteiger partial charge on any atom is 0.347 e. The van der Waals surface area contributed by atoms with Gasteiger partial charge in [0, 0.05) is 10.0 Å². The summed E-state index contributed by atoms with van der Waals surface area (Å²) in [5.41, 5.74) is 6.50. The first-order valence-electron chi connectivity index (χ1n) is 5.52. The summed E-state index contributed by atoms with van der Waals surface area (Å²) in [5.74, 6) is 2.68. The number of urea groups is 1. The minimum absolute atomic E-state index is 0.186. The first kappa shape index (κ1) is 13.7. The van der Waals surface area contributed by atoms with Crippen molar-refractivity contribution in [3.63, 3.8) is 0 Å². The Kier molecular flexibility index (Phi) is 3.70. The van der Waals surface area contributed by atoms with Crippen LogP contribution in [0.3, 0.4) is 0 Å². The van der Waals surface area contributed by atoms with Gasteiger partial charge in [-0.1, -0.05) is 29.1 Å². The summed E-state index contributed by atoms with van der Waals surface area (Å²) in [5, 5.41) is 0.922. The van der Waals surface area contributed by atoms with E-state index in [2.05, 4.69) is 10.9 Å². The van der Waals surface area contributed by atoms with Gasteiger partial charge in [-0.3, -0.25) is 4.90 Å². The predicted octanol–water partition coefficient (Wildman–Crippen LogP) is 2.85. The lowest BCUT2D eigenvalue weighted by Crippen LogP contribution is -2.38. The number of rotatable bonds is 2. The highest BCUT2D eigenvalue weighted by Gasteiger charge is 2.37. The maximum atomic E-state index is 11.8. The molecule has 1 aromatic carbocycles. The smallest absolute Gasteiger partial charge is 0.347 e. The van der Waals surface area contributed by atoms with E-state index in [1.54, 1.807) is 25.1 Å². The Labute approximate surface area is 121 Å². The van der Waals surface area contributed by atoms with Gasteiger partial charge in [-0.05, 0) is 30.7 Å². The van der Waals surface area contributed by atoms with Crippen LogP contribution in [0.2, 0.25) is 10.0 Å². The molecule has 0 radical (unpaired) electrons. The summed E-state index contributed by atoms with van der Waals surface area (Å²) in [6.07, 6.45) is 5.37. The molecule has 2 atom stereocenters. The van der Waals surface area contributed by atoms with E-state index in [-0.39, 0.29) is 5.84 Å². The molecule has 6 heteroatoms. The molecule has 0 fully saturated rings. The van der Waals surface area contributed by atoms with E-state index < -0.39 is 18.1 Å². The maximum absolute atomic E-state index is 11.8. The first-order valence-corrected chi connectivity index (χ1v) is 6.28. The van der Waals surface area contributed by atoms with E-state index in [9.17, 15) is 4.79 Å². The van der Waals surface area contributed by atoms with E-state index in [0.29, 0.717) is 15.6 Å². The minimum atomic E-state index is -0.533. The highest BCUT2D eigenvalue weighted by molar-refractivity contribution is 6.34. The van der Waals surface area contributed by atoms with Gasteiger partial charge in [-0.15, -0.1) is 6.42 Å². The van der Waals surface area contributed by atoms with Crippen molar-refractivity contribution in [2.24, 2.45) is 10.7 Å². The molecular weight excluding hydrogens is 285 g/mol.